The summed E-state index contributed by atoms with van der Waals surface area (Å²) in [7, 11) is 0. The Morgan fingerprint density at radius 1 is 1.07 bits per heavy atom. The number of para-hydroxylation sites is 2. The van der Waals surface area contributed by atoms with Crippen LogP contribution in [0.3, 0.4) is 0 Å². The predicted octanol–water partition coefficient (Wildman–Crippen LogP) is 3.95. The molecule has 0 fully saturated rings. The van der Waals surface area contributed by atoms with Crippen molar-refractivity contribution < 1.29 is 19.0 Å². The molecule has 5 nitrogen and oxygen atoms in total. The molecule has 3 aromatic carbocycles. The highest BCUT2D eigenvalue weighted by Crippen LogP contribution is 2.30. The summed E-state index contributed by atoms with van der Waals surface area (Å²) in [5, 5.41) is 5.02. The van der Waals surface area contributed by atoms with Gasteiger partial charge in [-0.15, -0.1) is 0 Å². The molecule has 3 aromatic rings. The van der Waals surface area contributed by atoms with Crippen molar-refractivity contribution in [1.29, 1.82) is 0 Å². The molecule has 0 unspecified atom stereocenters. The minimum Gasteiger partial charge on any atom is -0.486 e. The number of nitrogens with one attached hydrogen (secondary N) is 1. The Kier molecular flexibility index (Phi) is 5.33. The van der Waals surface area contributed by atoms with Crippen molar-refractivity contribution in [3.63, 3.8) is 0 Å². The standard InChI is InChI=1S/C23H23NO4/c1-2-19(28-20-13-7-9-16-8-3-4-10-18(16)20)23(25)24-14-17-15-26-21-11-5-6-12-22(21)27-17/h3-13,17,19H,2,14-15H2,1H3,(H,24,25)/t17-,19-/m0/s1. The van der Waals surface area contributed by atoms with Crippen LogP contribution in [0.4, 0.5) is 0 Å². The van der Waals surface area contributed by atoms with Crippen LogP contribution in [0.25, 0.3) is 10.8 Å². The molecule has 1 aliphatic heterocycles. The van der Waals surface area contributed by atoms with Gasteiger partial charge in [0.25, 0.3) is 5.91 Å². The van der Waals surface area contributed by atoms with E-state index in [0.717, 1.165) is 16.5 Å². The zero-order valence-electron chi connectivity index (χ0n) is 15.8. The third-order valence-corrected chi connectivity index (χ3v) is 4.75. The third-order valence-electron chi connectivity index (χ3n) is 4.75. The normalized spacial score (nSPS) is 16.4. The Morgan fingerprint density at radius 2 is 1.82 bits per heavy atom. The van der Waals surface area contributed by atoms with Gasteiger partial charge in [0.05, 0.1) is 6.54 Å². The van der Waals surface area contributed by atoms with E-state index in [9.17, 15) is 4.79 Å². The summed E-state index contributed by atoms with van der Waals surface area (Å²) in [5.74, 6) is 1.99. The van der Waals surface area contributed by atoms with Gasteiger partial charge in [0.1, 0.15) is 18.5 Å². The molecule has 1 heterocycles. The van der Waals surface area contributed by atoms with E-state index in [1.807, 2.05) is 73.7 Å². The smallest absolute Gasteiger partial charge is 0.261 e. The first-order chi connectivity index (χ1) is 13.7. The molecule has 0 aromatic heterocycles. The molecule has 0 spiro atoms. The van der Waals surface area contributed by atoms with Crippen molar-refractivity contribution in [1.82, 2.24) is 5.32 Å². The minimum atomic E-state index is -0.567. The second kappa shape index (κ2) is 8.21. The summed E-state index contributed by atoms with van der Waals surface area (Å²) < 4.78 is 17.6. The number of amides is 1. The van der Waals surface area contributed by atoms with Crippen LogP contribution < -0.4 is 19.5 Å². The van der Waals surface area contributed by atoms with Gasteiger partial charge in [0.15, 0.2) is 17.6 Å². The number of hydrogen-bond donors (Lipinski definition) is 1. The van der Waals surface area contributed by atoms with Gasteiger partial charge in [-0.2, -0.15) is 0 Å². The maximum absolute atomic E-state index is 12.7. The lowest BCUT2D eigenvalue weighted by atomic mass is 10.1. The molecule has 1 aliphatic rings. The van der Waals surface area contributed by atoms with E-state index in [0.29, 0.717) is 31.1 Å². The van der Waals surface area contributed by atoms with Crippen LogP contribution >= 0.6 is 0 Å². The van der Waals surface area contributed by atoms with Crippen molar-refractivity contribution in [3.05, 3.63) is 66.7 Å². The summed E-state index contributed by atoms with van der Waals surface area (Å²) in [6, 6.07) is 21.4. The van der Waals surface area contributed by atoms with E-state index in [-0.39, 0.29) is 12.0 Å². The number of carbonyl (C=O) groups is 1. The molecule has 0 radical (unpaired) electrons. The molecular formula is C23H23NO4. The molecule has 144 valence electrons. The molecule has 2 atom stereocenters. The first kappa shape index (κ1) is 18.2. The lowest BCUT2D eigenvalue weighted by molar-refractivity contribution is -0.128. The number of carbonyl (C=O) groups excluding carboxylic acids is 1. The highest BCUT2D eigenvalue weighted by atomic mass is 16.6. The number of fused-ring (bicyclic) bond motifs is 2. The van der Waals surface area contributed by atoms with Gasteiger partial charge in [-0.05, 0) is 30.0 Å². The Labute approximate surface area is 164 Å². The number of hydrogen-bond acceptors (Lipinski definition) is 4. The molecule has 28 heavy (non-hydrogen) atoms. The lowest BCUT2D eigenvalue weighted by Crippen LogP contribution is -2.45. The third kappa shape index (κ3) is 3.88. The highest BCUT2D eigenvalue weighted by Gasteiger charge is 2.24. The number of rotatable bonds is 6. The van der Waals surface area contributed by atoms with Gasteiger partial charge in [-0.1, -0.05) is 55.5 Å². The first-order valence-electron chi connectivity index (χ1n) is 9.55. The van der Waals surface area contributed by atoms with E-state index in [1.54, 1.807) is 0 Å². The fourth-order valence-electron chi connectivity index (χ4n) is 3.27. The maximum Gasteiger partial charge on any atom is 0.261 e. The van der Waals surface area contributed by atoms with Crippen LogP contribution in [-0.2, 0) is 4.79 Å². The summed E-state index contributed by atoms with van der Waals surface area (Å²) >= 11 is 0. The quantitative estimate of drug-likeness (QED) is 0.707. The predicted molar refractivity (Wildman–Crippen MR) is 108 cm³/mol. The monoisotopic (exact) mass is 377 g/mol. The number of ether oxygens (including phenoxy) is 3. The molecule has 0 bridgehead atoms. The Morgan fingerprint density at radius 3 is 2.68 bits per heavy atom. The van der Waals surface area contributed by atoms with Crippen LogP contribution in [0.2, 0.25) is 0 Å². The average Bonchev–Trinajstić information content (AvgIpc) is 2.75. The molecule has 5 heteroatoms. The fraction of sp³-hybridized carbons (Fsp3) is 0.261. The van der Waals surface area contributed by atoms with Crippen LogP contribution in [0.5, 0.6) is 17.2 Å². The van der Waals surface area contributed by atoms with E-state index in [1.165, 1.54) is 0 Å². The van der Waals surface area contributed by atoms with Crippen LogP contribution in [0.1, 0.15) is 13.3 Å². The van der Waals surface area contributed by atoms with Crippen molar-refractivity contribution in [3.8, 4) is 17.2 Å². The summed E-state index contributed by atoms with van der Waals surface area (Å²) in [6.45, 7) is 2.70. The second-order valence-corrected chi connectivity index (χ2v) is 6.73. The Hall–Kier alpha value is -3.21. The van der Waals surface area contributed by atoms with Gasteiger partial charge >= 0.3 is 0 Å². The lowest BCUT2D eigenvalue weighted by Gasteiger charge is -2.27. The molecular weight excluding hydrogens is 354 g/mol. The van der Waals surface area contributed by atoms with E-state index >= 15 is 0 Å². The van der Waals surface area contributed by atoms with Crippen molar-refractivity contribution in [2.75, 3.05) is 13.2 Å². The van der Waals surface area contributed by atoms with Crippen molar-refractivity contribution in [2.24, 2.45) is 0 Å². The average molecular weight is 377 g/mol. The molecule has 4 rings (SSSR count). The maximum atomic E-state index is 12.7. The largest absolute Gasteiger partial charge is 0.486 e. The summed E-state index contributed by atoms with van der Waals surface area (Å²) in [6.07, 6.45) is -0.226. The molecule has 1 N–H and O–H groups in total. The van der Waals surface area contributed by atoms with Crippen LogP contribution in [0, 0.1) is 0 Å². The van der Waals surface area contributed by atoms with E-state index in [2.05, 4.69) is 5.32 Å². The van der Waals surface area contributed by atoms with Crippen LogP contribution in [0.15, 0.2) is 66.7 Å². The zero-order chi connectivity index (χ0) is 19.3. The Bertz CT molecular complexity index is 966. The highest BCUT2D eigenvalue weighted by molar-refractivity contribution is 5.89. The summed E-state index contributed by atoms with van der Waals surface area (Å²) in [5.41, 5.74) is 0. The van der Waals surface area contributed by atoms with Crippen molar-refractivity contribution in [2.45, 2.75) is 25.6 Å². The van der Waals surface area contributed by atoms with Gasteiger partial charge in [-0.25, -0.2) is 0 Å². The second-order valence-electron chi connectivity index (χ2n) is 6.73. The molecule has 0 aliphatic carbocycles. The topological polar surface area (TPSA) is 56.8 Å². The van der Waals surface area contributed by atoms with Gasteiger partial charge in [0, 0.05) is 5.39 Å². The van der Waals surface area contributed by atoms with E-state index in [4.69, 9.17) is 14.2 Å². The number of benzene rings is 3. The van der Waals surface area contributed by atoms with E-state index < -0.39 is 6.10 Å². The molecule has 0 saturated carbocycles. The SMILES string of the molecule is CC[C@H](Oc1cccc2ccccc12)C(=O)NC[C@H]1COc2ccccc2O1. The minimum absolute atomic E-state index is 0.155. The molecule has 1 amide bonds. The van der Waals surface area contributed by atoms with Gasteiger partial charge in [-0.3, -0.25) is 4.79 Å². The van der Waals surface area contributed by atoms with Crippen molar-refractivity contribution >= 4 is 16.7 Å². The zero-order valence-corrected chi connectivity index (χ0v) is 15.8. The first-order valence-corrected chi connectivity index (χ1v) is 9.55. The Balaban J connectivity index is 1.38. The summed E-state index contributed by atoms with van der Waals surface area (Å²) in [4.78, 5) is 12.7. The molecule has 0 saturated heterocycles. The van der Waals surface area contributed by atoms with Gasteiger partial charge < -0.3 is 19.5 Å². The van der Waals surface area contributed by atoms with Gasteiger partial charge in [0.2, 0.25) is 0 Å². The van der Waals surface area contributed by atoms with Crippen LogP contribution in [-0.4, -0.2) is 31.3 Å². The fourth-order valence-corrected chi connectivity index (χ4v) is 3.27.